The molecule has 0 amide bonds. The number of alkyl halides is 2. The van der Waals surface area contributed by atoms with Crippen LogP contribution in [0.15, 0.2) is 18.7 Å². The highest BCUT2D eigenvalue weighted by Gasteiger charge is 2.40. The van der Waals surface area contributed by atoms with Crippen molar-refractivity contribution >= 4 is 5.97 Å². The summed E-state index contributed by atoms with van der Waals surface area (Å²) in [6.45, 7) is 0.676. The van der Waals surface area contributed by atoms with Gasteiger partial charge in [-0.1, -0.05) is 0 Å². The molecule has 0 bridgehead atoms. The number of rotatable bonds is 4. The van der Waals surface area contributed by atoms with Gasteiger partial charge in [-0.3, -0.25) is 0 Å². The zero-order chi connectivity index (χ0) is 10.6. The lowest BCUT2D eigenvalue weighted by atomic mass is 10.3. The van der Waals surface area contributed by atoms with E-state index in [2.05, 4.69) is 9.72 Å². The fraction of sp³-hybridized carbons (Fsp3) is 0.500. The van der Waals surface area contributed by atoms with E-state index in [-0.39, 0.29) is 6.61 Å². The van der Waals surface area contributed by atoms with Gasteiger partial charge in [0, 0.05) is 12.4 Å². The average Bonchev–Trinajstić information content (AvgIpc) is 2.56. The van der Waals surface area contributed by atoms with Crippen LogP contribution in [0, 0.1) is 0 Å². The third-order valence-electron chi connectivity index (χ3n) is 1.51. The standard InChI is InChI=1S/C8H10F2N2O2/c1-2-14-7(13)8(9,10)5-12-4-3-11-6-12/h3-4,6H,2,5H2,1H3. The van der Waals surface area contributed by atoms with Gasteiger partial charge in [0.15, 0.2) is 0 Å². The zero-order valence-electron chi connectivity index (χ0n) is 7.61. The zero-order valence-corrected chi connectivity index (χ0v) is 7.61. The Morgan fingerprint density at radius 3 is 2.86 bits per heavy atom. The SMILES string of the molecule is CCOC(=O)C(F)(F)Cn1ccnc1. The van der Waals surface area contributed by atoms with Crippen LogP contribution in [0.4, 0.5) is 8.78 Å². The number of hydrogen-bond acceptors (Lipinski definition) is 3. The minimum Gasteiger partial charge on any atom is -0.462 e. The molecule has 0 atom stereocenters. The number of hydrogen-bond donors (Lipinski definition) is 0. The Balaban J connectivity index is 2.61. The molecule has 0 aliphatic heterocycles. The van der Waals surface area contributed by atoms with Crippen LogP contribution in [0.25, 0.3) is 0 Å². The maximum atomic E-state index is 13.0. The molecule has 14 heavy (non-hydrogen) atoms. The minimum atomic E-state index is -3.50. The van der Waals surface area contributed by atoms with E-state index in [0.29, 0.717) is 0 Å². The Kier molecular flexibility index (Phi) is 3.16. The van der Waals surface area contributed by atoms with Crippen molar-refractivity contribution < 1.29 is 18.3 Å². The summed E-state index contributed by atoms with van der Waals surface area (Å²) in [6, 6.07) is 0. The number of carbonyl (C=O) groups is 1. The molecule has 0 fully saturated rings. The number of carbonyl (C=O) groups excluding carboxylic acids is 1. The first-order valence-corrected chi connectivity index (χ1v) is 4.07. The molecule has 1 aromatic rings. The number of imidazole rings is 1. The smallest absolute Gasteiger partial charge is 0.378 e. The van der Waals surface area contributed by atoms with Gasteiger partial charge in [-0.2, -0.15) is 8.78 Å². The molecule has 1 aromatic heterocycles. The first-order chi connectivity index (χ1) is 6.56. The Hall–Kier alpha value is -1.46. The molecule has 0 unspecified atom stereocenters. The second-order valence-corrected chi connectivity index (χ2v) is 2.66. The third-order valence-corrected chi connectivity index (χ3v) is 1.51. The van der Waals surface area contributed by atoms with Crippen LogP contribution in [0.2, 0.25) is 0 Å². The summed E-state index contributed by atoms with van der Waals surface area (Å²) in [5.41, 5.74) is 0. The van der Waals surface area contributed by atoms with Crippen molar-refractivity contribution in [2.45, 2.75) is 19.4 Å². The maximum absolute atomic E-state index is 13.0. The van der Waals surface area contributed by atoms with E-state index >= 15 is 0 Å². The Morgan fingerprint density at radius 2 is 2.36 bits per heavy atom. The van der Waals surface area contributed by atoms with Crippen LogP contribution >= 0.6 is 0 Å². The van der Waals surface area contributed by atoms with Crippen molar-refractivity contribution in [1.82, 2.24) is 9.55 Å². The number of aromatic nitrogens is 2. The summed E-state index contributed by atoms with van der Waals surface area (Å²) in [5.74, 6) is -5.01. The van der Waals surface area contributed by atoms with E-state index in [1.165, 1.54) is 25.6 Å². The predicted octanol–water partition coefficient (Wildman–Crippen LogP) is 1.08. The van der Waals surface area contributed by atoms with Gasteiger partial charge in [0.1, 0.15) is 0 Å². The second kappa shape index (κ2) is 4.17. The monoisotopic (exact) mass is 204 g/mol. The van der Waals surface area contributed by atoms with Gasteiger partial charge in [0.2, 0.25) is 0 Å². The van der Waals surface area contributed by atoms with Gasteiger partial charge in [0.25, 0.3) is 0 Å². The van der Waals surface area contributed by atoms with Gasteiger partial charge in [-0.05, 0) is 6.92 Å². The van der Waals surface area contributed by atoms with E-state index in [9.17, 15) is 13.6 Å². The molecular weight excluding hydrogens is 194 g/mol. The van der Waals surface area contributed by atoms with E-state index in [0.717, 1.165) is 4.57 Å². The maximum Gasteiger partial charge on any atom is 0.378 e. The largest absolute Gasteiger partial charge is 0.462 e. The van der Waals surface area contributed by atoms with Crippen molar-refractivity contribution in [2.75, 3.05) is 6.61 Å². The first kappa shape index (κ1) is 10.6. The molecule has 1 heterocycles. The summed E-state index contributed by atoms with van der Waals surface area (Å²) < 4.78 is 31.4. The molecule has 0 aliphatic rings. The number of ether oxygens (including phenoxy) is 1. The normalized spacial score (nSPS) is 11.4. The fourth-order valence-electron chi connectivity index (χ4n) is 0.911. The fourth-order valence-corrected chi connectivity index (χ4v) is 0.911. The van der Waals surface area contributed by atoms with Crippen molar-refractivity contribution in [3.63, 3.8) is 0 Å². The van der Waals surface area contributed by atoms with Crippen LogP contribution in [0.3, 0.4) is 0 Å². The van der Waals surface area contributed by atoms with Gasteiger partial charge < -0.3 is 9.30 Å². The molecule has 0 aliphatic carbocycles. The second-order valence-electron chi connectivity index (χ2n) is 2.66. The molecule has 0 aromatic carbocycles. The highest BCUT2D eigenvalue weighted by atomic mass is 19.3. The number of esters is 1. The molecule has 4 nitrogen and oxygen atoms in total. The van der Waals surface area contributed by atoms with Gasteiger partial charge in [-0.15, -0.1) is 0 Å². The summed E-state index contributed by atoms with van der Waals surface area (Å²) in [4.78, 5) is 14.4. The lowest BCUT2D eigenvalue weighted by molar-refractivity contribution is -0.173. The summed E-state index contributed by atoms with van der Waals surface area (Å²) in [5, 5.41) is 0. The lowest BCUT2D eigenvalue weighted by Crippen LogP contribution is -2.35. The molecule has 0 radical (unpaired) electrons. The van der Waals surface area contributed by atoms with Crippen LogP contribution < -0.4 is 0 Å². The lowest BCUT2D eigenvalue weighted by Gasteiger charge is -2.14. The van der Waals surface area contributed by atoms with Gasteiger partial charge in [0.05, 0.1) is 19.5 Å². The summed E-state index contributed by atoms with van der Waals surface area (Å²) >= 11 is 0. The number of halogens is 2. The molecule has 0 spiro atoms. The van der Waals surface area contributed by atoms with Gasteiger partial charge in [-0.25, -0.2) is 9.78 Å². The topological polar surface area (TPSA) is 44.1 Å². The average molecular weight is 204 g/mol. The van der Waals surface area contributed by atoms with E-state index in [1.54, 1.807) is 0 Å². The highest BCUT2D eigenvalue weighted by molar-refractivity contribution is 5.77. The van der Waals surface area contributed by atoms with Crippen LogP contribution in [-0.4, -0.2) is 28.0 Å². The molecule has 6 heteroatoms. The molecule has 0 N–H and O–H groups in total. The minimum absolute atomic E-state index is 0.0572. The van der Waals surface area contributed by atoms with E-state index < -0.39 is 18.4 Å². The van der Waals surface area contributed by atoms with Crippen LogP contribution in [-0.2, 0) is 16.1 Å². The Morgan fingerprint density at radius 1 is 1.64 bits per heavy atom. The molecule has 0 saturated heterocycles. The summed E-state index contributed by atoms with van der Waals surface area (Å²) in [6.07, 6.45) is 3.93. The van der Waals surface area contributed by atoms with Crippen molar-refractivity contribution in [1.29, 1.82) is 0 Å². The van der Waals surface area contributed by atoms with E-state index in [4.69, 9.17) is 0 Å². The Bertz CT molecular complexity index is 298. The molecular formula is C8H10F2N2O2. The quantitative estimate of drug-likeness (QED) is 0.689. The third kappa shape index (κ3) is 2.51. The predicted molar refractivity (Wildman–Crippen MR) is 43.8 cm³/mol. The van der Waals surface area contributed by atoms with E-state index in [1.807, 2.05) is 0 Å². The molecule has 78 valence electrons. The summed E-state index contributed by atoms with van der Waals surface area (Å²) in [7, 11) is 0. The van der Waals surface area contributed by atoms with Crippen LogP contribution in [0.1, 0.15) is 6.92 Å². The highest BCUT2D eigenvalue weighted by Crippen LogP contribution is 2.18. The molecule has 0 saturated carbocycles. The van der Waals surface area contributed by atoms with Crippen molar-refractivity contribution in [3.05, 3.63) is 18.7 Å². The van der Waals surface area contributed by atoms with Crippen LogP contribution in [0.5, 0.6) is 0 Å². The van der Waals surface area contributed by atoms with Crippen molar-refractivity contribution in [2.24, 2.45) is 0 Å². The Labute approximate surface area is 79.5 Å². The molecule has 1 rings (SSSR count). The van der Waals surface area contributed by atoms with Gasteiger partial charge >= 0.3 is 11.9 Å². The number of nitrogens with zero attached hydrogens (tertiary/aromatic N) is 2. The van der Waals surface area contributed by atoms with Crippen molar-refractivity contribution in [3.8, 4) is 0 Å². The first-order valence-electron chi connectivity index (χ1n) is 4.07.